The summed E-state index contributed by atoms with van der Waals surface area (Å²) < 4.78 is 0. The first-order valence-corrected chi connectivity index (χ1v) is 10.4. The number of hydrogen-bond acceptors (Lipinski definition) is 3. The average molecular weight is 399 g/mol. The highest BCUT2D eigenvalue weighted by Crippen LogP contribution is 2.52. The summed E-state index contributed by atoms with van der Waals surface area (Å²) in [5.41, 5.74) is 1.52. The number of carbonyl (C=O) groups is 3. The van der Waals surface area contributed by atoms with Crippen molar-refractivity contribution in [3.63, 3.8) is 0 Å². The smallest absolute Gasteiger partial charge is 0.412 e. The van der Waals surface area contributed by atoms with E-state index < -0.39 is 18.1 Å². The normalized spacial score (nSPS) is 30.2. The van der Waals surface area contributed by atoms with Crippen molar-refractivity contribution < 1.29 is 24.6 Å². The number of benzene rings is 1. The lowest BCUT2D eigenvalue weighted by Crippen LogP contribution is -2.61. The summed E-state index contributed by atoms with van der Waals surface area (Å²) in [5.74, 6) is -0.921. The van der Waals surface area contributed by atoms with Gasteiger partial charge in [-0.05, 0) is 43.7 Å². The number of anilines is 1. The molecule has 154 valence electrons. The Morgan fingerprint density at radius 3 is 2.38 bits per heavy atom. The van der Waals surface area contributed by atoms with Gasteiger partial charge in [0.25, 0.3) is 0 Å². The molecule has 3 amide bonds. The molecular formula is C21H25N3O5. The van der Waals surface area contributed by atoms with E-state index in [1.54, 1.807) is 0 Å². The minimum Gasteiger partial charge on any atom is -0.480 e. The Labute approximate surface area is 168 Å². The largest absolute Gasteiger partial charge is 0.480 e. The predicted octanol–water partition coefficient (Wildman–Crippen LogP) is 3.14. The Hall–Kier alpha value is -2.77. The number of urea groups is 1. The fraction of sp³-hybridized carbons (Fsp3) is 0.571. The van der Waals surface area contributed by atoms with Crippen LogP contribution in [0.2, 0.25) is 0 Å². The van der Waals surface area contributed by atoms with Gasteiger partial charge in [0, 0.05) is 24.5 Å². The third-order valence-electron chi connectivity index (χ3n) is 7.00. The zero-order chi connectivity index (χ0) is 20.3. The number of hydrogen-bond donors (Lipinski definition) is 2. The van der Waals surface area contributed by atoms with Crippen LogP contribution in [0.3, 0.4) is 0 Å². The van der Waals surface area contributed by atoms with E-state index in [4.69, 9.17) is 0 Å². The van der Waals surface area contributed by atoms with Crippen LogP contribution in [0.1, 0.15) is 50.1 Å². The lowest BCUT2D eigenvalue weighted by atomic mass is 9.81. The molecule has 1 aromatic rings. The van der Waals surface area contributed by atoms with Crippen LogP contribution in [0, 0.1) is 5.92 Å². The summed E-state index contributed by atoms with van der Waals surface area (Å²) in [7, 11) is 0. The Balaban J connectivity index is 1.57. The minimum atomic E-state index is -0.958. The lowest BCUT2D eigenvalue weighted by Gasteiger charge is -2.49. The van der Waals surface area contributed by atoms with Crippen LogP contribution in [0.5, 0.6) is 0 Å². The molecule has 0 bridgehead atoms. The molecule has 0 aromatic heterocycles. The van der Waals surface area contributed by atoms with Gasteiger partial charge in [-0.25, -0.2) is 14.4 Å². The molecule has 4 atom stereocenters. The molecule has 1 aromatic carbocycles. The fourth-order valence-corrected chi connectivity index (χ4v) is 5.50. The van der Waals surface area contributed by atoms with Crippen LogP contribution in [0.4, 0.5) is 15.3 Å². The number of para-hydroxylation sites is 1. The van der Waals surface area contributed by atoms with Crippen LogP contribution >= 0.6 is 0 Å². The highest BCUT2D eigenvalue weighted by Gasteiger charge is 2.53. The third-order valence-corrected chi connectivity index (χ3v) is 7.00. The van der Waals surface area contributed by atoms with E-state index in [0.29, 0.717) is 18.7 Å². The number of rotatable bonds is 3. The Kier molecular flexibility index (Phi) is 4.18. The highest BCUT2D eigenvalue weighted by molar-refractivity contribution is 5.90. The molecule has 3 fully saturated rings. The molecule has 4 aliphatic rings. The minimum absolute atomic E-state index is 0.0371. The number of carboxylic acid groups (broad SMARTS) is 2. The van der Waals surface area contributed by atoms with Crippen LogP contribution in [0.15, 0.2) is 24.3 Å². The molecule has 2 aliphatic carbocycles. The first-order chi connectivity index (χ1) is 14.0. The maximum Gasteiger partial charge on any atom is 0.412 e. The van der Waals surface area contributed by atoms with E-state index in [9.17, 15) is 24.6 Å². The molecule has 0 unspecified atom stereocenters. The number of amides is 3. The molecular weight excluding hydrogens is 374 g/mol. The maximum atomic E-state index is 13.5. The van der Waals surface area contributed by atoms with Gasteiger partial charge in [-0.15, -0.1) is 0 Å². The third kappa shape index (κ3) is 2.76. The zero-order valence-corrected chi connectivity index (χ0v) is 16.1. The molecule has 2 heterocycles. The second kappa shape index (κ2) is 6.64. The van der Waals surface area contributed by atoms with Crippen LogP contribution < -0.4 is 4.90 Å². The lowest BCUT2D eigenvalue weighted by molar-refractivity contribution is -0.146. The van der Waals surface area contributed by atoms with Gasteiger partial charge in [0.2, 0.25) is 0 Å². The summed E-state index contributed by atoms with van der Waals surface area (Å²) in [4.78, 5) is 41.9. The summed E-state index contributed by atoms with van der Waals surface area (Å²) in [6.45, 7) is 0.461. The second-order valence-electron chi connectivity index (χ2n) is 8.58. The molecule has 2 N–H and O–H groups in total. The molecule has 5 rings (SSSR count). The summed E-state index contributed by atoms with van der Waals surface area (Å²) >= 11 is 0. The summed E-state index contributed by atoms with van der Waals surface area (Å²) in [6, 6.07) is 6.27. The number of carbonyl (C=O) groups excluding carboxylic acids is 1. The van der Waals surface area contributed by atoms with Crippen molar-refractivity contribution in [1.29, 1.82) is 0 Å². The number of nitrogens with zero attached hydrogens (tertiary/aromatic N) is 3. The standard InChI is InChI=1S/C21H25N3O5/c25-19(26)17-10-11-22(17)20(27)23(12-8-9-12)18-13-4-1-2-6-15(13)24(21(28)29)16-7-3-5-14(16)18/h1-2,4,6,12,14,16-18H,3,5,7-11H2,(H,25,26)(H,28,29)/t14-,16+,17-,18-/m0/s1. The van der Waals surface area contributed by atoms with Crippen molar-refractivity contribution in [2.75, 3.05) is 11.4 Å². The number of likely N-dealkylation sites (tertiary alicyclic amines) is 1. The molecule has 8 heteroatoms. The highest BCUT2D eigenvalue weighted by atomic mass is 16.4. The van der Waals surface area contributed by atoms with Gasteiger partial charge in [0.15, 0.2) is 0 Å². The first kappa shape index (κ1) is 18.3. The van der Waals surface area contributed by atoms with Crippen molar-refractivity contribution in [2.45, 2.75) is 62.7 Å². The Morgan fingerprint density at radius 1 is 1.00 bits per heavy atom. The van der Waals surface area contributed by atoms with Crippen LogP contribution in [-0.4, -0.2) is 62.8 Å². The Morgan fingerprint density at radius 2 is 1.76 bits per heavy atom. The summed E-state index contributed by atoms with van der Waals surface area (Å²) in [5, 5.41) is 19.3. The van der Waals surface area contributed by atoms with Crippen LogP contribution in [0.25, 0.3) is 0 Å². The molecule has 1 saturated heterocycles. The van der Waals surface area contributed by atoms with E-state index >= 15 is 0 Å². The SMILES string of the molecule is O=C(O)[C@@H]1CCN1C(=O)N(C1CC1)[C@H]1c2ccccc2N(C(=O)O)[C@@H]2CCC[C@@H]21. The van der Waals surface area contributed by atoms with Crippen LogP contribution in [-0.2, 0) is 4.79 Å². The van der Waals surface area contributed by atoms with E-state index in [1.807, 2.05) is 29.2 Å². The maximum absolute atomic E-state index is 13.5. The number of fused-ring (bicyclic) bond motifs is 2. The van der Waals surface area contributed by atoms with Crippen molar-refractivity contribution in [3.05, 3.63) is 29.8 Å². The van der Waals surface area contributed by atoms with Gasteiger partial charge in [-0.1, -0.05) is 24.6 Å². The van der Waals surface area contributed by atoms with E-state index in [0.717, 1.165) is 37.7 Å². The number of aliphatic carboxylic acids is 1. The molecule has 0 spiro atoms. The van der Waals surface area contributed by atoms with Gasteiger partial charge in [0.1, 0.15) is 6.04 Å². The predicted molar refractivity (Wildman–Crippen MR) is 104 cm³/mol. The van der Waals surface area contributed by atoms with Gasteiger partial charge >= 0.3 is 18.1 Å². The molecule has 0 radical (unpaired) electrons. The van der Waals surface area contributed by atoms with Gasteiger partial charge in [0.05, 0.1) is 11.7 Å². The van der Waals surface area contributed by atoms with E-state index in [-0.39, 0.29) is 30.1 Å². The monoisotopic (exact) mass is 399 g/mol. The van der Waals surface area contributed by atoms with Gasteiger partial charge in [-0.2, -0.15) is 0 Å². The summed E-state index contributed by atoms with van der Waals surface area (Å²) in [6.07, 6.45) is 3.94. The fourth-order valence-electron chi connectivity index (χ4n) is 5.50. The molecule has 2 saturated carbocycles. The average Bonchev–Trinajstić information content (AvgIpc) is 3.35. The van der Waals surface area contributed by atoms with Crippen molar-refractivity contribution >= 4 is 23.8 Å². The van der Waals surface area contributed by atoms with Crippen molar-refractivity contribution in [1.82, 2.24) is 9.80 Å². The topological polar surface area (TPSA) is 101 Å². The van der Waals surface area contributed by atoms with Crippen molar-refractivity contribution in [3.8, 4) is 0 Å². The van der Waals surface area contributed by atoms with E-state index in [2.05, 4.69) is 0 Å². The number of carboxylic acids is 1. The Bertz CT molecular complexity index is 870. The second-order valence-corrected chi connectivity index (χ2v) is 8.58. The zero-order valence-electron chi connectivity index (χ0n) is 16.1. The van der Waals surface area contributed by atoms with Gasteiger partial charge in [-0.3, -0.25) is 4.90 Å². The quantitative estimate of drug-likeness (QED) is 0.813. The van der Waals surface area contributed by atoms with E-state index in [1.165, 1.54) is 9.80 Å². The molecule has 2 aliphatic heterocycles. The molecule has 8 nitrogen and oxygen atoms in total. The van der Waals surface area contributed by atoms with Crippen molar-refractivity contribution in [2.24, 2.45) is 5.92 Å². The van der Waals surface area contributed by atoms with Gasteiger partial charge < -0.3 is 20.0 Å². The molecule has 29 heavy (non-hydrogen) atoms. The first-order valence-electron chi connectivity index (χ1n) is 10.4.